The number of hydrogen-bond acceptors (Lipinski definition) is 7. The number of likely N-dealkylation sites (N-methyl/N-ethyl adjacent to an activating group) is 1. The Labute approximate surface area is 211 Å². The summed E-state index contributed by atoms with van der Waals surface area (Å²) >= 11 is 11.5. The van der Waals surface area contributed by atoms with Crippen LogP contribution in [-0.4, -0.2) is 49.4 Å². The second-order valence-corrected chi connectivity index (χ2v) is 9.47. The van der Waals surface area contributed by atoms with Crippen LogP contribution < -0.4 is 16.4 Å². The quantitative estimate of drug-likeness (QED) is 0.363. The van der Waals surface area contributed by atoms with E-state index in [1.165, 1.54) is 0 Å². The standard InChI is InChI=1S/C24H22ClN7O2S/c1-32-23(35)31-22(34)24(32)5-2-13(3-6-24)8-20(33)30-19-10-14-9-18(16-11-27-7-4-17(16)25)29-21(26)15(14)12-28-19/h4,7-12H,2-3,5-6H2,1H3,(H2,26,29)(H,28,30,33)(H,31,34,35). The highest BCUT2D eigenvalue weighted by atomic mass is 35.5. The maximum absolute atomic E-state index is 12.7. The molecule has 0 atom stereocenters. The van der Waals surface area contributed by atoms with E-state index in [0.29, 0.717) is 64.1 Å². The third-order valence-electron chi connectivity index (χ3n) is 6.68. The van der Waals surface area contributed by atoms with E-state index in [2.05, 4.69) is 25.6 Å². The fraction of sp³-hybridized carbons (Fsp3) is 0.250. The van der Waals surface area contributed by atoms with Gasteiger partial charge in [0, 0.05) is 42.7 Å². The van der Waals surface area contributed by atoms with Crippen LogP contribution in [0.2, 0.25) is 5.02 Å². The van der Waals surface area contributed by atoms with Gasteiger partial charge in [0.05, 0.1) is 10.7 Å². The van der Waals surface area contributed by atoms with E-state index in [1.54, 1.807) is 36.8 Å². The number of halogens is 1. The number of hydrogen-bond donors (Lipinski definition) is 3. The van der Waals surface area contributed by atoms with Crippen LogP contribution in [0.3, 0.4) is 0 Å². The molecule has 0 bridgehead atoms. The van der Waals surface area contributed by atoms with Crippen molar-refractivity contribution in [3.05, 3.63) is 53.5 Å². The zero-order valence-corrected chi connectivity index (χ0v) is 20.4. The van der Waals surface area contributed by atoms with Gasteiger partial charge in [-0.25, -0.2) is 9.97 Å². The van der Waals surface area contributed by atoms with Crippen LogP contribution >= 0.6 is 23.8 Å². The molecule has 4 heterocycles. The average Bonchev–Trinajstić information content (AvgIpc) is 3.03. The van der Waals surface area contributed by atoms with E-state index in [4.69, 9.17) is 29.6 Å². The fourth-order valence-electron chi connectivity index (χ4n) is 4.63. The number of anilines is 2. The number of rotatable bonds is 3. The van der Waals surface area contributed by atoms with Crippen LogP contribution in [0.5, 0.6) is 0 Å². The number of aromatic nitrogens is 3. The number of fused-ring (bicyclic) bond motifs is 1. The number of pyridine rings is 3. The average molecular weight is 508 g/mol. The Morgan fingerprint density at radius 2 is 2.09 bits per heavy atom. The molecule has 0 unspecified atom stereocenters. The van der Waals surface area contributed by atoms with Gasteiger partial charge in [-0.2, -0.15) is 0 Å². The molecule has 3 aromatic rings. The van der Waals surface area contributed by atoms with Crippen LogP contribution in [-0.2, 0) is 9.59 Å². The van der Waals surface area contributed by atoms with Crippen LogP contribution in [0, 0.1) is 0 Å². The number of allylic oxidation sites excluding steroid dienone is 1. The van der Waals surface area contributed by atoms with Gasteiger partial charge in [0.1, 0.15) is 17.2 Å². The SMILES string of the molecule is CN1C(=S)NC(=O)C12CCC(=CC(=O)Nc1cc3cc(-c4cnccc4Cl)nc(N)c3cn1)CC2. The summed E-state index contributed by atoms with van der Waals surface area (Å²) in [6, 6.07) is 5.26. The maximum atomic E-state index is 12.7. The molecular weight excluding hydrogens is 486 g/mol. The number of nitrogens with zero attached hydrogens (tertiary/aromatic N) is 4. The van der Waals surface area contributed by atoms with Crippen molar-refractivity contribution in [3.63, 3.8) is 0 Å². The second kappa shape index (κ2) is 8.86. The van der Waals surface area contributed by atoms with Gasteiger partial charge in [-0.15, -0.1) is 0 Å². The lowest BCUT2D eigenvalue weighted by molar-refractivity contribution is -0.127. The van der Waals surface area contributed by atoms with Gasteiger partial charge in [-0.3, -0.25) is 14.6 Å². The number of thiocarbonyl (C=S) groups is 1. The third-order valence-corrected chi connectivity index (χ3v) is 7.39. The summed E-state index contributed by atoms with van der Waals surface area (Å²) in [7, 11) is 1.84. The van der Waals surface area contributed by atoms with Gasteiger partial charge < -0.3 is 21.3 Å². The van der Waals surface area contributed by atoms with Gasteiger partial charge in [0.25, 0.3) is 5.91 Å². The summed E-state index contributed by atoms with van der Waals surface area (Å²) in [6.45, 7) is 0. The minimum absolute atomic E-state index is 0.0606. The number of amides is 2. The molecule has 2 amide bonds. The van der Waals surface area contributed by atoms with Crippen molar-refractivity contribution >= 4 is 63.2 Å². The highest BCUT2D eigenvalue weighted by Gasteiger charge is 2.50. The Bertz CT molecular complexity index is 1410. The highest BCUT2D eigenvalue weighted by Crippen LogP contribution is 2.38. The predicted molar refractivity (Wildman–Crippen MR) is 139 cm³/mol. The third kappa shape index (κ3) is 4.19. The number of carbonyl (C=O) groups is 2. The van der Waals surface area contributed by atoms with E-state index < -0.39 is 5.54 Å². The molecule has 1 aliphatic heterocycles. The Morgan fingerprint density at radius 1 is 1.31 bits per heavy atom. The molecule has 35 heavy (non-hydrogen) atoms. The largest absolute Gasteiger partial charge is 0.383 e. The van der Waals surface area contributed by atoms with E-state index in [1.807, 2.05) is 18.0 Å². The summed E-state index contributed by atoms with van der Waals surface area (Å²) in [4.78, 5) is 39.8. The Balaban J connectivity index is 1.33. The van der Waals surface area contributed by atoms with Crippen LogP contribution in [0.15, 0.2) is 48.4 Å². The molecule has 4 N–H and O–H groups in total. The first-order chi connectivity index (χ1) is 16.8. The molecule has 1 saturated heterocycles. The van der Waals surface area contributed by atoms with E-state index in [-0.39, 0.29) is 11.8 Å². The van der Waals surface area contributed by atoms with Gasteiger partial charge in [0.2, 0.25) is 5.91 Å². The van der Waals surface area contributed by atoms with Crippen molar-refractivity contribution in [1.29, 1.82) is 0 Å². The lowest BCUT2D eigenvalue weighted by Gasteiger charge is -2.37. The van der Waals surface area contributed by atoms with Crippen molar-refractivity contribution in [1.82, 2.24) is 25.2 Å². The van der Waals surface area contributed by atoms with Crippen molar-refractivity contribution in [2.75, 3.05) is 18.1 Å². The first-order valence-corrected chi connectivity index (χ1v) is 11.8. The number of nitrogen functional groups attached to an aromatic ring is 1. The monoisotopic (exact) mass is 507 g/mol. The molecule has 2 fully saturated rings. The molecule has 178 valence electrons. The van der Waals surface area contributed by atoms with E-state index in [9.17, 15) is 9.59 Å². The molecule has 5 rings (SSSR count). The fourth-order valence-corrected chi connectivity index (χ4v) is 5.10. The first-order valence-electron chi connectivity index (χ1n) is 11.0. The van der Waals surface area contributed by atoms with Crippen molar-refractivity contribution in [2.24, 2.45) is 0 Å². The van der Waals surface area contributed by atoms with Crippen LogP contribution in [0.25, 0.3) is 22.0 Å². The van der Waals surface area contributed by atoms with Crippen molar-refractivity contribution in [2.45, 2.75) is 31.2 Å². The molecule has 1 aliphatic carbocycles. The molecule has 2 aliphatic rings. The van der Waals surface area contributed by atoms with Crippen LogP contribution in [0.1, 0.15) is 25.7 Å². The zero-order valence-electron chi connectivity index (χ0n) is 18.8. The number of nitrogens with one attached hydrogen (secondary N) is 2. The Morgan fingerprint density at radius 3 is 2.77 bits per heavy atom. The number of carbonyl (C=O) groups excluding carboxylic acids is 2. The van der Waals surface area contributed by atoms with Gasteiger partial charge in [-0.1, -0.05) is 17.2 Å². The minimum Gasteiger partial charge on any atom is -0.383 e. The van der Waals surface area contributed by atoms with Gasteiger partial charge in [0.15, 0.2) is 5.11 Å². The Hall–Kier alpha value is -3.63. The lowest BCUT2D eigenvalue weighted by Crippen LogP contribution is -2.49. The topological polar surface area (TPSA) is 126 Å². The molecule has 0 radical (unpaired) electrons. The van der Waals surface area contributed by atoms with E-state index >= 15 is 0 Å². The van der Waals surface area contributed by atoms with Gasteiger partial charge in [-0.05, 0) is 61.5 Å². The first kappa shape index (κ1) is 23.1. The summed E-state index contributed by atoms with van der Waals surface area (Å²) in [5.41, 5.74) is 7.75. The minimum atomic E-state index is -0.617. The lowest BCUT2D eigenvalue weighted by atomic mass is 9.78. The van der Waals surface area contributed by atoms with Crippen molar-refractivity contribution < 1.29 is 9.59 Å². The van der Waals surface area contributed by atoms with Gasteiger partial charge >= 0.3 is 0 Å². The summed E-state index contributed by atoms with van der Waals surface area (Å²) < 4.78 is 0. The number of nitrogens with two attached hydrogens (primary N) is 1. The molecule has 11 heteroatoms. The summed E-state index contributed by atoms with van der Waals surface area (Å²) in [5.74, 6) is 0.358. The summed E-state index contributed by atoms with van der Waals surface area (Å²) in [6.07, 6.45) is 8.88. The van der Waals surface area contributed by atoms with E-state index in [0.717, 1.165) is 11.0 Å². The second-order valence-electron chi connectivity index (χ2n) is 8.68. The summed E-state index contributed by atoms with van der Waals surface area (Å²) in [5, 5.41) is 7.95. The normalized spacial score (nSPS) is 19.8. The van der Waals surface area contributed by atoms with Crippen molar-refractivity contribution in [3.8, 4) is 11.3 Å². The smallest absolute Gasteiger partial charge is 0.252 e. The zero-order chi connectivity index (χ0) is 24.7. The molecular formula is C24H22ClN7O2S. The Kier molecular flexibility index (Phi) is 5.86. The molecule has 1 spiro atoms. The molecule has 0 aromatic carbocycles. The highest BCUT2D eigenvalue weighted by molar-refractivity contribution is 7.80. The maximum Gasteiger partial charge on any atom is 0.252 e. The predicted octanol–water partition coefficient (Wildman–Crippen LogP) is 3.45. The molecule has 3 aromatic heterocycles. The molecule has 1 saturated carbocycles. The molecule has 9 nitrogen and oxygen atoms in total. The van der Waals surface area contributed by atoms with Crippen LogP contribution in [0.4, 0.5) is 11.6 Å².